The fourth-order valence-corrected chi connectivity index (χ4v) is 2.98. The highest BCUT2D eigenvalue weighted by Gasteiger charge is 2.20. The highest BCUT2D eigenvalue weighted by molar-refractivity contribution is 5.21. The Morgan fingerprint density at radius 3 is 2.44 bits per heavy atom. The van der Waals surface area contributed by atoms with E-state index in [2.05, 4.69) is 5.43 Å². The van der Waals surface area contributed by atoms with Crippen LogP contribution < -0.4 is 11.3 Å². The molecule has 0 spiro atoms. The molecule has 1 aliphatic carbocycles. The fraction of sp³-hybridized carbons (Fsp3) is 0.600. The lowest BCUT2D eigenvalue weighted by atomic mass is 9.89. The summed E-state index contributed by atoms with van der Waals surface area (Å²) in [5.41, 5.74) is 3.49. The number of benzene rings is 1. The molecule has 1 fully saturated rings. The molecule has 1 aromatic rings. The van der Waals surface area contributed by atoms with Gasteiger partial charge in [-0.25, -0.2) is 4.39 Å². The van der Waals surface area contributed by atoms with Crippen molar-refractivity contribution in [3.63, 3.8) is 0 Å². The van der Waals surface area contributed by atoms with Crippen LogP contribution in [0.4, 0.5) is 4.39 Å². The van der Waals surface area contributed by atoms with Crippen LogP contribution in [0.25, 0.3) is 0 Å². The summed E-state index contributed by atoms with van der Waals surface area (Å²) in [7, 11) is 0. The highest BCUT2D eigenvalue weighted by atomic mass is 19.1. The van der Waals surface area contributed by atoms with Crippen LogP contribution in [0, 0.1) is 11.7 Å². The van der Waals surface area contributed by atoms with Crippen LogP contribution in [0.2, 0.25) is 0 Å². The molecular weight excluding hydrogens is 227 g/mol. The Labute approximate surface area is 109 Å². The Morgan fingerprint density at radius 1 is 1.17 bits per heavy atom. The van der Waals surface area contributed by atoms with E-state index in [0.717, 1.165) is 6.42 Å². The van der Waals surface area contributed by atoms with Crippen LogP contribution in [0.5, 0.6) is 0 Å². The predicted molar refractivity (Wildman–Crippen MR) is 72.3 cm³/mol. The molecular formula is C15H23FN2. The van der Waals surface area contributed by atoms with Gasteiger partial charge in [0.15, 0.2) is 0 Å². The monoisotopic (exact) mass is 250 g/mol. The van der Waals surface area contributed by atoms with Gasteiger partial charge < -0.3 is 0 Å². The topological polar surface area (TPSA) is 38.0 Å². The zero-order valence-electron chi connectivity index (χ0n) is 10.9. The van der Waals surface area contributed by atoms with E-state index in [1.807, 2.05) is 12.1 Å². The molecule has 0 heterocycles. The first kappa shape index (κ1) is 13.5. The standard InChI is InChI=1S/C15H23FN2/c16-14-10-6-5-9-13(14)15(18-17)11-12-7-3-1-2-4-8-12/h5-6,9-10,12,15,18H,1-4,7-8,11,17H2. The maximum Gasteiger partial charge on any atom is 0.128 e. The summed E-state index contributed by atoms with van der Waals surface area (Å²) in [6, 6.07) is 6.87. The van der Waals surface area contributed by atoms with Gasteiger partial charge >= 0.3 is 0 Å². The maximum atomic E-state index is 13.8. The Morgan fingerprint density at radius 2 is 1.83 bits per heavy atom. The third-order valence-corrected chi connectivity index (χ3v) is 4.03. The van der Waals surface area contributed by atoms with E-state index >= 15 is 0 Å². The molecule has 3 heteroatoms. The van der Waals surface area contributed by atoms with Gasteiger partial charge in [-0.15, -0.1) is 0 Å². The quantitative estimate of drug-likeness (QED) is 0.486. The molecule has 0 aromatic heterocycles. The smallest absolute Gasteiger partial charge is 0.128 e. The minimum absolute atomic E-state index is 0.0608. The van der Waals surface area contributed by atoms with Crippen molar-refractivity contribution in [3.8, 4) is 0 Å². The second-order valence-electron chi connectivity index (χ2n) is 5.33. The normalized spacial score (nSPS) is 19.4. The lowest BCUT2D eigenvalue weighted by molar-refractivity contribution is 0.353. The predicted octanol–water partition coefficient (Wildman–Crippen LogP) is 3.69. The van der Waals surface area contributed by atoms with Crippen molar-refractivity contribution < 1.29 is 4.39 Å². The molecule has 0 bridgehead atoms. The van der Waals surface area contributed by atoms with Crippen molar-refractivity contribution in [1.29, 1.82) is 0 Å². The van der Waals surface area contributed by atoms with Crippen molar-refractivity contribution in [3.05, 3.63) is 35.6 Å². The Bertz CT molecular complexity index is 359. The van der Waals surface area contributed by atoms with E-state index in [-0.39, 0.29) is 11.9 Å². The molecule has 0 saturated heterocycles. The molecule has 1 saturated carbocycles. The number of rotatable bonds is 4. The molecule has 0 amide bonds. The largest absolute Gasteiger partial charge is 0.271 e. The molecule has 2 nitrogen and oxygen atoms in total. The molecule has 1 unspecified atom stereocenters. The summed E-state index contributed by atoms with van der Waals surface area (Å²) in [4.78, 5) is 0. The number of nitrogens with two attached hydrogens (primary N) is 1. The Kier molecular flexibility index (Phi) is 5.14. The van der Waals surface area contributed by atoms with E-state index in [0.29, 0.717) is 11.5 Å². The van der Waals surface area contributed by atoms with Crippen LogP contribution in [-0.2, 0) is 0 Å². The first-order valence-corrected chi connectivity index (χ1v) is 7.02. The zero-order valence-corrected chi connectivity index (χ0v) is 10.9. The van der Waals surface area contributed by atoms with E-state index in [1.54, 1.807) is 6.07 Å². The van der Waals surface area contributed by atoms with Crippen LogP contribution in [0.3, 0.4) is 0 Å². The average Bonchev–Trinajstić information content (AvgIpc) is 2.65. The van der Waals surface area contributed by atoms with Crippen molar-refractivity contribution in [2.75, 3.05) is 0 Å². The number of hydrogen-bond donors (Lipinski definition) is 2. The van der Waals surface area contributed by atoms with Crippen molar-refractivity contribution in [2.45, 2.75) is 51.0 Å². The molecule has 1 atom stereocenters. The molecule has 2 rings (SSSR count). The highest BCUT2D eigenvalue weighted by Crippen LogP contribution is 2.31. The van der Waals surface area contributed by atoms with E-state index in [9.17, 15) is 4.39 Å². The van der Waals surface area contributed by atoms with Crippen molar-refractivity contribution in [1.82, 2.24) is 5.43 Å². The third-order valence-electron chi connectivity index (χ3n) is 4.03. The molecule has 100 valence electrons. The summed E-state index contributed by atoms with van der Waals surface area (Å²) in [5, 5.41) is 0. The zero-order chi connectivity index (χ0) is 12.8. The second-order valence-corrected chi connectivity index (χ2v) is 5.33. The number of halogens is 1. The van der Waals surface area contributed by atoms with Gasteiger partial charge in [0.1, 0.15) is 5.82 Å². The summed E-state index contributed by atoms with van der Waals surface area (Å²) in [6.07, 6.45) is 8.75. The van der Waals surface area contributed by atoms with E-state index in [1.165, 1.54) is 44.6 Å². The Balaban J connectivity index is 2.02. The van der Waals surface area contributed by atoms with Gasteiger partial charge in [0.2, 0.25) is 0 Å². The van der Waals surface area contributed by atoms with Crippen LogP contribution in [0.15, 0.2) is 24.3 Å². The van der Waals surface area contributed by atoms with Gasteiger partial charge in [0.05, 0.1) is 0 Å². The van der Waals surface area contributed by atoms with Gasteiger partial charge in [-0.3, -0.25) is 11.3 Å². The summed E-state index contributed by atoms with van der Waals surface area (Å²) >= 11 is 0. The lowest BCUT2D eigenvalue weighted by Crippen LogP contribution is -2.30. The maximum absolute atomic E-state index is 13.8. The van der Waals surface area contributed by atoms with Gasteiger partial charge in [-0.05, 0) is 18.4 Å². The van der Waals surface area contributed by atoms with Gasteiger partial charge in [-0.2, -0.15) is 0 Å². The van der Waals surface area contributed by atoms with Crippen LogP contribution in [0.1, 0.15) is 56.6 Å². The fourth-order valence-electron chi connectivity index (χ4n) is 2.98. The molecule has 0 radical (unpaired) electrons. The van der Waals surface area contributed by atoms with E-state index < -0.39 is 0 Å². The Hall–Kier alpha value is -0.930. The minimum atomic E-state index is -0.158. The molecule has 1 aliphatic rings. The van der Waals surface area contributed by atoms with Crippen LogP contribution >= 0.6 is 0 Å². The second kappa shape index (κ2) is 6.86. The third kappa shape index (κ3) is 3.53. The summed E-state index contributed by atoms with van der Waals surface area (Å²) in [5.74, 6) is 6.13. The molecule has 1 aromatic carbocycles. The summed E-state index contributed by atoms with van der Waals surface area (Å²) < 4.78 is 13.8. The SMILES string of the molecule is NNC(CC1CCCCCC1)c1ccccc1F. The molecule has 0 aliphatic heterocycles. The number of hydrogen-bond acceptors (Lipinski definition) is 2. The van der Waals surface area contributed by atoms with Gasteiger partial charge in [0.25, 0.3) is 0 Å². The van der Waals surface area contributed by atoms with Crippen LogP contribution in [-0.4, -0.2) is 0 Å². The number of hydrazine groups is 1. The van der Waals surface area contributed by atoms with Crippen molar-refractivity contribution in [2.24, 2.45) is 11.8 Å². The number of nitrogens with one attached hydrogen (secondary N) is 1. The van der Waals surface area contributed by atoms with Gasteiger partial charge in [-0.1, -0.05) is 56.7 Å². The summed E-state index contributed by atoms with van der Waals surface area (Å²) in [6.45, 7) is 0. The first-order chi connectivity index (χ1) is 8.81. The van der Waals surface area contributed by atoms with Gasteiger partial charge in [0, 0.05) is 11.6 Å². The lowest BCUT2D eigenvalue weighted by Gasteiger charge is -2.22. The average molecular weight is 250 g/mol. The molecule has 3 N–H and O–H groups in total. The van der Waals surface area contributed by atoms with E-state index in [4.69, 9.17) is 5.84 Å². The first-order valence-electron chi connectivity index (χ1n) is 7.02. The minimum Gasteiger partial charge on any atom is -0.271 e. The van der Waals surface area contributed by atoms with Crippen molar-refractivity contribution >= 4 is 0 Å². The molecule has 18 heavy (non-hydrogen) atoms.